The first-order chi connectivity index (χ1) is 11.5. The third-order valence-electron chi connectivity index (χ3n) is 3.66. The van der Waals surface area contributed by atoms with Gasteiger partial charge in [0.2, 0.25) is 11.3 Å². The average Bonchev–Trinajstić information content (AvgIpc) is 2.74. The molecule has 0 fully saturated rings. The molecule has 1 N–H and O–H groups in total. The fourth-order valence-corrected chi connectivity index (χ4v) is 2.67. The van der Waals surface area contributed by atoms with Crippen LogP contribution >= 0.6 is 11.6 Å². The van der Waals surface area contributed by atoms with Gasteiger partial charge in [-0.15, -0.1) is 0 Å². The molecular formula is C16H8ClN3O4. The molecule has 4 rings (SSSR count). The van der Waals surface area contributed by atoms with Crippen molar-refractivity contribution < 1.29 is 9.34 Å². The highest BCUT2D eigenvalue weighted by Gasteiger charge is 2.19. The van der Waals surface area contributed by atoms with Gasteiger partial charge >= 0.3 is 0 Å². The van der Waals surface area contributed by atoms with E-state index in [9.17, 15) is 14.9 Å². The van der Waals surface area contributed by atoms with E-state index < -0.39 is 4.92 Å². The summed E-state index contributed by atoms with van der Waals surface area (Å²) in [5.41, 5.74) is 1.09. The summed E-state index contributed by atoms with van der Waals surface area (Å²) in [7, 11) is 0. The second-order valence-corrected chi connectivity index (χ2v) is 5.59. The SMILES string of the molecule is O=c1c2c(oc3ccc(Cl)cc13)Nc1ccc([N+](=O)[O-])cc1N=C2. The van der Waals surface area contributed by atoms with Crippen molar-refractivity contribution >= 4 is 51.7 Å². The van der Waals surface area contributed by atoms with E-state index in [0.29, 0.717) is 27.4 Å². The van der Waals surface area contributed by atoms with Crippen LogP contribution in [0.15, 0.2) is 50.6 Å². The molecule has 1 aliphatic heterocycles. The molecule has 0 aliphatic carbocycles. The Hall–Kier alpha value is -3.19. The molecule has 2 heterocycles. The molecule has 0 saturated carbocycles. The van der Waals surface area contributed by atoms with Crippen molar-refractivity contribution in [3.05, 3.63) is 67.3 Å². The lowest BCUT2D eigenvalue weighted by atomic mass is 10.1. The van der Waals surface area contributed by atoms with Gasteiger partial charge in [-0.05, 0) is 24.3 Å². The van der Waals surface area contributed by atoms with Crippen LogP contribution in [0.2, 0.25) is 5.02 Å². The number of nitro groups is 1. The number of hydrogen-bond donors (Lipinski definition) is 1. The standard InChI is InChI=1S/C16H8ClN3O4/c17-8-1-4-14-10(5-8)15(21)11-7-18-13-6-9(20(22)23)2-3-12(13)19-16(11)24-14/h1-7,19H. The summed E-state index contributed by atoms with van der Waals surface area (Å²) >= 11 is 5.93. The van der Waals surface area contributed by atoms with Crippen molar-refractivity contribution in [2.24, 2.45) is 4.99 Å². The van der Waals surface area contributed by atoms with Gasteiger partial charge in [-0.25, -0.2) is 0 Å². The Morgan fingerprint density at radius 2 is 2.04 bits per heavy atom. The summed E-state index contributed by atoms with van der Waals surface area (Å²) in [5, 5.41) is 14.6. The summed E-state index contributed by atoms with van der Waals surface area (Å²) in [6.07, 6.45) is 1.34. The Balaban J connectivity index is 1.95. The van der Waals surface area contributed by atoms with Crippen molar-refractivity contribution in [2.45, 2.75) is 0 Å². The van der Waals surface area contributed by atoms with Crippen LogP contribution in [0.4, 0.5) is 22.9 Å². The zero-order chi connectivity index (χ0) is 16.8. The number of anilines is 2. The molecule has 2 aromatic carbocycles. The molecule has 1 aliphatic rings. The lowest BCUT2D eigenvalue weighted by Gasteiger charge is -2.08. The van der Waals surface area contributed by atoms with Gasteiger partial charge in [0.1, 0.15) is 11.1 Å². The quantitative estimate of drug-likeness (QED) is 0.414. The van der Waals surface area contributed by atoms with Crippen LogP contribution in [-0.2, 0) is 0 Å². The van der Waals surface area contributed by atoms with Crippen LogP contribution in [0.3, 0.4) is 0 Å². The van der Waals surface area contributed by atoms with Crippen LogP contribution in [0, 0.1) is 10.1 Å². The van der Waals surface area contributed by atoms with Gasteiger partial charge in [0.15, 0.2) is 0 Å². The minimum Gasteiger partial charge on any atom is -0.439 e. The highest BCUT2D eigenvalue weighted by Crippen LogP contribution is 2.35. The molecule has 0 atom stereocenters. The Kier molecular flexibility index (Phi) is 3.10. The molecular weight excluding hydrogens is 334 g/mol. The second-order valence-electron chi connectivity index (χ2n) is 5.16. The number of nitrogens with one attached hydrogen (secondary N) is 1. The van der Waals surface area contributed by atoms with Crippen molar-refractivity contribution in [2.75, 3.05) is 5.32 Å². The Bertz CT molecular complexity index is 1100. The van der Waals surface area contributed by atoms with Crippen molar-refractivity contribution in [1.82, 2.24) is 0 Å². The first-order valence-corrected chi connectivity index (χ1v) is 7.26. The van der Waals surface area contributed by atoms with E-state index in [4.69, 9.17) is 16.0 Å². The average molecular weight is 342 g/mol. The van der Waals surface area contributed by atoms with E-state index in [0.717, 1.165) is 0 Å². The highest BCUT2D eigenvalue weighted by molar-refractivity contribution is 6.31. The minimum absolute atomic E-state index is 0.0881. The van der Waals surface area contributed by atoms with E-state index in [-0.39, 0.29) is 22.6 Å². The summed E-state index contributed by atoms with van der Waals surface area (Å²) in [5.74, 6) is 0.228. The smallest absolute Gasteiger partial charge is 0.271 e. The molecule has 0 amide bonds. The lowest BCUT2D eigenvalue weighted by molar-refractivity contribution is -0.384. The maximum absolute atomic E-state index is 12.6. The molecule has 0 radical (unpaired) electrons. The topological polar surface area (TPSA) is 97.7 Å². The zero-order valence-electron chi connectivity index (χ0n) is 11.9. The summed E-state index contributed by atoms with van der Waals surface area (Å²) in [4.78, 5) is 27.2. The third-order valence-corrected chi connectivity index (χ3v) is 3.90. The number of nitro benzene ring substituents is 1. The van der Waals surface area contributed by atoms with Crippen molar-refractivity contribution in [1.29, 1.82) is 0 Å². The van der Waals surface area contributed by atoms with Gasteiger partial charge in [0.05, 0.1) is 21.7 Å². The Morgan fingerprint density at radius 3 is 2.83 bits per heavy atom. The molecule has 1 aromatic heterocycles. The number of rotatable bonds is 1. The monoisotopic (exact) mass is 341 g/mol. The van der Waals surface area contributed by atoms with Gasteiger partial charge < -0.3 is 9.73 Å². The largest absolute Gasteiger partial charge is 0.439 e. The van der Waals surface area contributed by atoms with Crippen molar-refractivity contribution in [3.63, 3.8) is 0 Å². The van der Waals surface area contributed by atoms with Gasteiger partial charge in [0.25, 0.3) is 5.69 Å². The lowest BCUT2D eigenvalue weighted by Crippen LogP contribution is -2.11. The number of non-ortho nitro benzene ring substituents is 1. The number of aliphatic imine (C=N–C) groups is 1. The molecule has 0 spiro atoms. The summed E-state index contributed by atoms with van der Waals surface area (Å²) in [6.45, 7) is 0. The molecule has 118 valence electrons. The highest BCUT2D eigenvalue weighted by atomic mass is 35.5. The number of benzene rings is 2. The normalized spacial score (nSPS) is 12.2. The molecule has 0 saturated heterocycles. The van der Waals surface area contributed by atoms with Crippen molar-refractivity contribution in [3.8, 4) is 0 Å². The van der Waals surface area contributed by atoms with E-state index in [1.807, 2.05) is 0 Å². The minimum atomic E-state index is -0.506. The maximum atomic E-state index is 12.6. The van der Waals surface area contributed by atoms with E-state index in [2.05, 4.69) is 10.3 Å². The van der Waals surface area contributed by atoms with E-state index >= 15 is 0 Å². The van der Waals surface area contributed by atoms with Gasteiger partial charge in [-0.1, -0.05) is 11.6 Å². The van der Waals surface area contributed by atoms with Crippen LogP contribution in [0.5, 0.6) is 0 Å². The summed E-state index contributed by atoms with van der Waals surface area (Å²) in [6, 6.07) is 8.96. The van der Waals surface area contributed by atoms with Gasteiger partial charge in [-0.3, -0.25) is 19.9 Å². The third kappa shape index (κ3) is 2.22. The second kappa shape index (κ2) is 5.17. The van der Waals surface area contributed by atoms with E-state index in [1.165, 1.54) is 30.5 Å². The first kappa shape index (κ1) is 14.4. The molecule has 0 bridgehead atoms. The molecule has 0 unspecified atom stereocenters. The van der Waals surface area contributed by atoms with Crippen LogP contribution in [0.1, 0.15) is 5.56 Å². The zero-order valence-corrected chi connectivity index (χ0v) is 12.7. The van der Waals surface area contributed by atoms with E-state index in [1.54, 1.807) is 12.1 Å². The number of halogens is 1. The fraction of sp³-hybridized carbons (Fsp3) is 0. The summed E-state index contributed by atoms with van der Waals surface area (Å²) < 4.78 is 5.74. The molecule has 24 heavy (non-hydrogen) atoms. The van der Waals surface area contributed by atoms with Gasteiger partial charge in [0, 0.05) is 23.4 Å². The Morgan fingerprint density at radius 1 is 1.21 bits per heavy atom. The van der Waals surface area contributed by atoms with Crippen LogP contribution < -0.4 is 10.7 Å². The number of fused-ring (bicyclic) bond motifs is 3. The number of hydrogen-bond acceptors (Lipinski definition) is 6. The van der Waals surface area contributed by atoms with Gasteiger partial charge in [-0.2, -0.15) is 0 Å². The number of nitrogens with zero attached hydrogens (tertiary/aromatic N) is 2. The molecule has 8 heteroatoms. The van der Waals surface area contributed by atoms with Crippen LogP contribution in [-0.4, -0.2) is 11.1 Å². The molecule has 3 aromatic rings. The predicted molar refractivity (Wildman–Crippen MR) is 91.1 cm³/mol. The maximum Gasteiger partial charge on any atom is 0.271 e. The molecule has 7 nitrogen and oxygen atoms in total. The fourth-order valence-electron chi connectivity index (χ4n) is 2.49. The first-order valence-electron chi connectivity index (χ1n) is 6.89. The Labute approximate surface area is 139 Å². The predicted octanol–water partition coefficient (Wildman–Crippen LogP) is 4.16. The van der Waals surface area contributed by atoms with Crippen LogP contribution in [0.25, 0.3) is 11.0 Å².